The van der Waals surface area contributed by atoms with Gasteiger partial charge in [-0.05, 0) is 50.2 Å². The average Bonchev–Trinajstić information content (AvgIpc) is 2.56. The van der Waals surface area contributed by atoms with Crippen molar-refractivity contribution in [1.29, 1.82) is 0 Å². The normalized spacial score (nSPS) is 15.0. The molecule has 0 spiro atoms. The predicted molar refractivity (Wildman–Crippen MR) is 91.0 cm³/mol. The molecule has 0 unspecified atom stereocenters. The summed E-state index contributed by atoms with van der Waals surface area (Å²) >= 11 is 0. The van der Waals surface area contributed by atoms with E-state index in [9.17, 15) is 4.79 Å². The van der Waals surface area contributed by atoms with E-state index in [-0.39, 0.29) is 6.09 Å². The van der Waals surface area contributed by atoms with E-state index in [2.05, 4.69) is 23.7 Å². The van der Waals surface area contributed by atoms with Gasteiger partial charge in [0.05, 0.1) is 6.61 Å². The monoisotopic (exact) mass is 314 g/mol. The number of piperidine rings is 1. The third kappa shape index (κ3) is 5.94. The van der Waals surface area contributed by atoms with Crippen molar-refractivity contribution in [2.75, 3.05) is 19.7 Å². The Morgan fingerprint density at radius 3 is 2.87 bits per heavy atom. The lowest BCUT2D eigenvalue weighted by Gasteiger charge is -2.30. The molecule has 1 aromatic heterocycles. The zero-order valence-electron chi connectivity index (χ0n) is 14.2. The van der Waals surface area contributed by atoms with Gasteiger partial charge in [-0.15, -0.1) is 0 Å². The van der Waals surface area contributed by atoms with E-state index in [1.165, 1.54) is 0 Å². The van der Waals surface area contributed by atoms with Crippen molar-refractivity contribution in [3.63, 3.8) is 0 Å². The lowest BCUT2D eigenvalue weighted by atomic mass is 9.94. The number of nitrogens with zero attached hydrogens (tertiary/aromatic N) is 2. The van der Waals surface area contributed by atoms with Crippen LogP contribution in [0.1, 0.15) is 50.4 Å². The number of hydrogen-bond donors (Lipinski definition) is 0. The van der Waals surface area contributed by atoms with Gasteiger partial charge in [0.1, 0.15) is 5.69 Å². The summed E-state index contributed by atoms with van der Waals surface area (Å²) in [6, 6.07) is 5.89. The number of carbonyl (C=O) groups excluding carboxylic acids is 1. The average molecular weight is 314 g/mol. The maximum absolute atomic E-state index is 11.9. The number of aromatic nitrogens is 1. The maximum atomic E-state index is 11.9. The molecule has 0 atom stereocenters. The molecule has 1 fully saturated rings. The minimum absolute atomic E-state index is 0.160. The number of pyridine rings is 1. The van der Waals surface area contributed by atoms with Gasteiger partial charge in [0.25, 0.3) is 0 Å². The third-order valence-corrected chi connectivity index (χ3v) is 4.09. The smallest absolute Gasteiger partial charge is 0.409 e. The molecule has 0 N–H and O–H groups in total. The van der Waals surface area contributed by atoms with E-state index >= 15 is 0 Å². The summed E-state index contributed by atoms with van der Waals surface area (Å²) in [5, 5.41) is 0. The molecule has 4 nitrogen and oxygen atoms in total. The van der Waals surface area contributed by atoms with E-state index in [0.717, 1.165) is 56.6 Å². The Hall–Kier alpha value is -2.02. The van der Waals surface area contributed by atoms with E-state index in [4.69, 9.17) is 4.74 Å². The molecule has 23 heavy (non-hydrogen) atoms. The second-order valence-electron chi connectivity index (χ2n) is 6.07. The summed E-state index contributed by atoms with van der Waals surface area (Å²) in [5.74, 6) is 6.93. The minimum Gasteiger partial charge on any atom is -0.449 e. The van der Waals surface area contributed by atoms with Crippen LogP contribution in [-0.4, -0.2) is 35.7 Å². The number of aryl methyl sites for hydroxylation is 1. The van der Waals surface area contributed by atoms with Crippen molar-refractivity contribution >= 4 is 6.09 Å². The number of amides is 1. The second kappa shape index (κ2) is 9.19. The first-order chi connectivity index (χ1) is 11.2. The molecule has 1 aliphatic rings. The standard InChI is InChI=1S/C19H26N2O2/c1-3-4-15-23-19(22)21-13-11-17(12-14-21)8-6-10-18-9-5-7-16(2)20-18/h5,7,9,17H,3-4,8,11-15H2,1-2H3. The number of unbranched alkanes of at least 4 members (excludes halogenated alkanes) is 1. The summed E-state index contributed by atoms with van der Waals surface area (Å²) in [4.78, 5) is 18.1. The highest BCUT2D eigenvalue weighted by Crippen LogP contribution is 2.20. The van der Waals surface area contributed by atoms with Crippen LogP contribution in [0.5, 0.6) is 0 Å². The predicted octanol–water partition coefficient (Wildman–Crippen LogP) is 3.78. The molecule has 1 saturated heterocycles. The van der Waals surface area contributed by atoms with Crippen LogP contribution in [0.3, 0.4) is 0 Å². The maximum Gasteiger partial charge on any atom is 0.409 e. The SMILES string of the molecule is CCCCOC(=O)N1CCC(CC#Cc2cccc(C)n2)CC1. The highest BCUT2D eigenvalue weighted by Gasteiger charge is 2.22. The van der Waals surface area contributed by atoms with Crippen molar-refractivity contribution in [3.05, 3.63) is 29.6 Å². The van der Waals surface area contributed by atoms with Gasteiger partial charge in [0, 0.05) is 25.2 Å². The van der Waals surface area contributed by atoms with Crippen molar-refractivity contribution in [1.82, 2.24) is 9.88 Å². The Morgan fingerprint density at radius 1 is 1.39 bits per heavy atom. The van der Waals surface area contributed by atoms with Gasteiger partial charge in [0.2, 0.25) is 0 Å². The van der Waals surface area contributed by atoms with Crippen molar-refractivity contribution in [2.45, 2.75) is 46.0 Å². The van der Waals surface area contributed by atoms with Crippen molar-refractivity contribution < 1.29 is 9.53 Å². The van der Waals surface area contributed by atoms with E-state index in [0.29, 0.717) is 12.5 Å². The topological polar surface area (TPSA) is 42.4 Å². The summed E-state index contributed by atoms with van der Waals surface area (Å²) < 4.78 is 5.26. The second-order valence-corrected chi connectivity index (χ2v) is 6.07. The molecule has 1 aliphatic heterocycles. The van der Waals surface area contributed by atoms with Crippen LogP contribution in [0.15, 0.2) is 18.2 Å². The third-order valence-electron chi connectivity index (χ3n) is 4.09. The quantitative estimate of drug-likeness (QED) is 0.627. The number of ether oxygens (including phenoxy) is 1. The molecule has 0 bridgehead atoms. The van der Waals surface area contributed by atoms with Crippen LogP contribution in [-0.2, 0) is 4.74 Å². The first-order valence-electron chi connectivity index (χ1n) is 8.53. The van der Waals surface area contributed by atoms with Gasteiger partial charge in [-0.3, -0.25) is 0 Å². The van der Waals surface area contributed by atoms with E-state index in [1.807, 2.05) is 30.0 Å². The lowest BCUT2D eigenvalue weighted by molar-refractivity contribution is 0.0871. The van der Waals surface area contributed by atoms with Crippen LogP contribution in [0, 0.1) is 24.7 Å². The number of carbonyl (C=O) groups is 1. The van der Waals surface area contributed by atoms with Crippen molar-refractivity contribution in [3.8, 4) is 11.8 Å². The van der Waals surface area contributed by atoms with Crippen LogP contribution in [0.25, 0.3) is 0 Å². The molecule has 1 amide bonds. The minimum atomic E-state index is -0.160. The fraction of sp³-hybridized carbons (Fsp3) is 0.579. The molecule has 0 saturated carbocycles. The molecule has 2 heterocycles. The van der Waals surface area contributed by atoms with E-state index < -0.39 is 0 Å². The first kappa shape index (κ1) is 17.3. The summed E-state index contributed by atoms with van der Waals surface area (Å²) in [7, 11) is 0. The Morgan fingerprint density at radius 2 is 2.17 bits per heavy atom. The molecular formula is C19H26N2O2. The fourth-order valence-corrected chi connectivity index (χ4v) is 2.61. The molecule has 0 aliphatic carbocycles. The first-order valence-corrected chi connectivity index (χ1v) is 8.53. The highest BCUT2D eigenvalue weighted by atomic mass is 16.6. The fourth-order valence-electron chi connectivity index (χ4n) is 2.61. The van der Waals surface area contributed by atoms with Crippen LogP contribution >= 0.6 is 0 Å². The van der Waals surface area contributed by atoms with Gasteiger partial charge in [0.15, 0.2) is 0 Å². The van der Waals surface area contributed by atoms with Crippen LogP contribution < -0.4 is 0 Å². The van der Waals surface area contributed by atoms with Gasteiger partial charge < -0.3 is 9.64 Å². The van der Waals surface area contributed by atoms with E-state index in [1.54, 1.807) is 0 Å². The van der Waals surface area contributed by atoms with Gasteiger partial charge in [-0.25, -0.2) is 9.78 Å². The Bertz CT molecular complexity index is 566. The molecule has 0 radical (unpaired) electrons. The van der Waals surface area contributed by atoms with Gasteiger partial charge >= 0.3 is 6.09 Å². The number of rotatable bonds is 4. The molecule has 1 aromatic rings. The molecular weight excluding hydrogens is 288 g/mol. The Kier molecular flexibility index (Phi) is 6.93. The van der Waals surface area contributed by atoms with Crippen molar-refractivity contribution in [2.24, 2.45) is 5.92 Å². The summed E-state index contributed by atoms with van der Waals surface area (Å²) in [6.07, 6.45) is 4.69. The van der Waals surface area contributed by atoms with Crippen LogP contribution in [0.4, 0.5) is 4.79 Å². The molecule has 2 rings (SSSR count). The largest absolute Gasteiger partial charge is 0.449 e. The molecule has 4 heteroatoms. The highest BCUT2D eigenvalue weighted by molar-refractivity contribution is 5.67. The zero-order chi connectivity index (χ0) is 16.5. The lowest BCUT2D eigenvalue weighted by Crippen LogP contribution is -2.38. The molecule has 124 valence electrons. The summed E-state index contributed by atoms with van der Waals surface area (Å²) in [5.41, 5.74) is 1.83. The molecule has 0 aromatic carbocycles. The Labute approximate surface area is 139 Å². The van der Waals surface area contributed by atoms with Gasteiger partial charge in [-0.2, -0.15) is 0 Å². The number of hydrogen-bond acceptors (Lipinski definition) is 3. The van der Waals surface area contributed by atoms with Gasteiger partial charge in [-0.1, -0.05) is 25.3 Å². The van der Waals surface area contributed by atoms with Crippen LogP contribution in [0.2, 0.25) is 0 Å². The Balaban J connectivity index is 1.72. The number of likely N-dealkylation sites (tertiary alicyclic amines) is 1. The zero-order valence-corrected chi connectivity index (χ0v) is 14.2. The summed E-state index contributed by atoms with van der Waals surface area (Å²) in [6.45, 7) is 6.15.